The fourth-order valence-corrected chi connectivity index (χ4v) is 4.77. The Hall–Kier alpha value is -0.995. The first-order valence-corrected chi connectivity index (χ1v) is 7.92. The second kappa shape index (κ2) is 4.27. The van der Waals surface area contributed by atoms with E-state index in [1.165, 1.54) is 6.42 Å². The highest BCUT2D eigenvalue weighted by atomic mass is 16.7. The second-order valence-electron chi connectivity index (χ2n) is 7.57. The minimum atomic E-state index is -0.235. The first kappa shape index (κ1) is 13.7. The molecule has 5 rings (SSSR count). The van der Waals surface area contributed by atoms with Gasteiger partial charge in [-0.1, -0.05) is 26.0 Å². The Bertz CT molecular complexity index is 556. The SMILES string of the molecule is COc1ccc(B2OC3CC4CC(C4(C)C)[C@@]3(C)O2)cc1. The number of methoxy groups -OCH3 is 1. The van der Waals surface area contributed by atoms with Crippen molar-refractivity contribution in [3.05, 3.63) is 24.3 Å². The molecule has 4 aliphatic rings. The standard InChI is InChI=1S/C17H23BO3/c1-16(2)11-9-14(16)17(3)15(10-11)20-18(21-17)12-5-7-13(19-4)8-6-12/h5-8,11,14-15H,9-10H2,1-4H3/t11?,14?,15?,17-/m1/s1. The highest BCUT2D eigenvalue weighted by Crippen LogP contribution is 2.65. The second-order valence-corrected chi connectivity index (χ2v) is 7.57. The number of rotatable bonds is 2. The summed E-state index contributed by atoms with van der Waals surface area (Å²) in [4.78, 5) is 0. The largest absolute Gasteiger partial charge is 0.497 e. The zero-order chi connectivity index (χ0) is 14.8. The Labute approximate surface area is 127 Å². The van der Waals surface area contributed by atoms with Crippen LogP contribution in [0.1, 0.15) is 33.6 Å². The van der Waals surface area contributed by atoms with E-state index in [0.717, 1.165) is 23.6 Å². The van der Waals surface area contributed by atoms with Gasteiger partial charge in [-0.3, -0.25) is 0 Å². The van der Waals surface area contributed by atoms with Crippen LogP contribution in [0.15, 0.2) is 24.3 Å². The molecule has 0 spiro atoms. The van der Waals surface area contributed by atoms with Gasteiger partial charge in [0.05, 0.1) is 18.8 Å². The molecule has 0 aromatic heterocycles. The van der Waals surface area contributed by atoms with E-state index in [4.69, 9.17) is 14.0 Å². The number of ether oxygens (including phenoxy) is 1. The van der Waals surface area contributed by atoms with Crippen LogP contribution in [0.2, 0.25) is 0 Å². The molecular formula is C17H23BO3. The molecule has 2 bridgehead atoms. The Kier molecular flexibility index (Phi) is 2.77. The minimum absolute atomic E-state index is 0.136. The summed E-state index contributed by atoms with van der Waals surface area (Å²) in [5.74, 6) is 2.26. The molecule has 3 aliphatic carbocycles. The molecule has 0 amide bonds. The predicted molar refractivity (Wildman–Crippen MR) is 82.7 cm³/mol. The molecule has 1 aromatic carbocycles. The van der Waals surface area contributed by atoms with Crippen LogP contribution in [0.3, 0.4) is 0 Å². The molecule has 1 aromatic rings. The van der Waals surface area contributed by atoms with Crippen LogP contribution in [0.4, 0.5) is 0 Å². The summed E-state index contributed by atoms with van der Waals surface area (Å²) < 4.78 is 17.9. The molecule has 1 heterocycles. The van der Waals surface area contributed by atoms with E-state index in [1.807, 2.05) is 24.3 Å². The number of hydrogen-bond acceptors (Lipinski definition) is 3. The van der Waals surface area contributed by atoms with Crippen LogP contribution < -0.4 is 10.2 Å². The van der Waals surface area contributed by atoms with Crippen molar-refractivity contribution in [2.75, 3.05) is 7.11 Å². The van der Waals surface area contributed by atoms with E-state index in [9.17, 15) is 0 Å². The molecular weight excluding hydrogens is 263 g/mol. The van der Waals surface area contributed by atoms with Gasteiger partial charge in [-0.05, 0) is 54.6 Å². The molecule has 3 unspecified atom stereocenters. The van der Waals surface area contributed by atoms with E-state index in [0.29, 0.717) is 11.3 Å². The highest BCUT2D eigenvalue weighted by Gasteiger charge is 2.67. The van der Waals surface area contributed by atoms with E-state index in [-0.39, 0.29) is 18.8 Å². The first-order valence-electron chi connectivity index (χ1n) is 7.92. The van der Waals surface area contributed by atoms with Gasteiger partial charge in [-0.2, -0.15) is 0 Å². The number of hydrogen-bond donors (Lipinski definition) is 0. The minimum Gasteiger partial charge on any atom is -0.497 e. The van der Waals surface area contributed by atoms with Gasteiger partial charge in [0.2, 0.25) is 0 Å². The van der Waals surface area contributed by atoms with Crippen molar-refractivity contribution in [3.8, 4) is 5.75 Å². The molecule has 0 radical (unpaired) electrons. The molecule has 3 saturated carbocycles. The predicted octanol–water partition coefficient (Wildman–Crippen LogP) is 2.63. The lowest BCUT2D eigenvalue weighted by atomic mass is 9.43. The maximum Gasteiger partial charge on any atom is 0.494 e. The Morgan fingerprint density at radius 1 is 1.14 bits per heavy atom. The zero-order valence-electron chi connectivity index (χ0n) is 13.3. The fraction of sp³-hybridized carbons (Fsp3) is 0.647. The Morgan fingerprint density at radius 2 is 1.86 bits per heavy atom. The lowest BCUT2D eigenvalue weighted by Gasteiger charge is -2.64. The van der Waals surface area contributed by atoms with Gasteiger partial charge in [-0.15, -0.1) is 0 Å². The number of benzene rings is 1. The van der Waals surface area contributed by atoms with Crippen molar-refractivity contribution < 1.29 is 14.0 Å². The molecule has 21 heavy (non-hydrogen) atoms. The van der Waals surface area contributed by atoms with E-state index >= 15 is 0 Å². The molecule has 112 valence electrons. The molecule has 0 N–H and O–H groups in total. The van der Waals surface area contributed by atoms with Gasteiger partial charge in [-0.25, -0.2) is 0 Å². The van der Waals surface area contributed by atoms with Crippen molar-refractivity contribution in [1.29, 1.82) is 0 Å². The van der Waals surface area contributed by atoms with Crippen LogP contribution in [-0.2, 0) is 9.31 Å². The summed E-state index contributed by atoms with van der Waals surface area (Å²) in [6.45, 7) is 7.03. The fourth-order valence-electron chi connectivity index (χ4n) is 4.77. The van der Waals surface area contributed by atoms with Crippen LogP contribution in [0, 0.1) is 17.3 Å². The molecule has 4 fully saturated rings. The third kappa shape index (κ3) is 1.75. The van der Waals surface area contributed by atoms with Crippen molar-refractivity contribution in [1.82, 2.24) is 0 Å². The summed E-state index contributed by atoms with van der Waals surface area (Å²) in [6, 6.07) is 8.02. The van der Waals surface area contributed by atoms with Crippen LogP contribution in [0.5, 0.6) is 5.75 Å². The maximum absolute atomic E-state index is 6.44. The highest BCUT2D eigenvalue weighted by molar-refractivity contribution is 6.62. The average Bonchev–Trinajstić information content (AvgIpc) is 2.84. The molecule has 1 aliphatic heterocycles. The van der Waals surface area contributed by atoms with E-state index < -0.39 is 0 Å². The summed E-state index contributed by atoms with van der Waals surface area (Å²) >= 11 is 0. The van der Waals surface area contributed by atoms with E-state index in [2.05, 4.69) is 20.8 Å². The quantitative estimate of drug-likeness (QED) is 0.782. The van der Waals surface area contributed by atoms with Gasteiger partial charge >= 0.3 is 7.12 Å². The van der Waals surface area contributed by atoms with Gasteiger partial charge in [0.1, 0.15) is 5.75 Å². The third-order valence-electron chi connectivity index (χ3n) is 6.34. The van der Waals surface area contributed by atoms with Crippen LogP contribution in [0.25, 0.3) is 0 Å². The lowest BCUT2D eigenvalue weighted by Crippen LogP contribution is -2.65. The summed E-state index contributed by atoms with van der Waals surface area (Å²) in [5, 5.41) is 0. The molecule has 3 nitrogen and oxygen atoms in total. The molecule has 1 saturated heterocycles. The summed E-state index contributed by atoms with van der Waals surface area (Å²) in [7, 11) is 1.45. The third-order valence-corrected chi connectivity index (χ3v) is 6.34. The normalized spacial score (nSPS) is 39.6. The maximum atomic E-state index is 6.44. The molecule has 4 atom stereocenters. The summed E-state index contributed by atoms with van der Waals surface area (Å²) in [5.41, 5.74) is 1.34. The lowest BCUT2D eigenvalue weighted by molar-refractivity contribution is -0.199. The summed E-state index contributed by atoms with van der Waals surface area (Å²) in [6.07, 6.45) is 2.66. The van der Waals surface area contributed by atoms with Gasteiger partial charge in [0.25, 0.3) is 0 Å². The monoisotopic (exact) mass is 286 g/mol. The smallest absolute Gasteiger partial charge is 0.494 e. The van der Waals surface area contributed by atoms with Crippen molar-refractivity contribution in [3.63, 3.8) is 0 Å². The Balaban J connectivity index is 1.59. The van der Waals surface area contributed by atoms with Crippen molar-refractivity contribution >= 4 is 12.6 Å². The topological polar surface area (TPSA) is 27.7 Å². The van der Waals surface area contributed by atoms with Crippen molar-refractivity contribution in [2.24, 2.45) is 17.3 Å². The average molecular weight is 286 g/mol. The van der Waals surface area contributed by atoms with Crippen molar-refractivity contribution in [2.45, 2.75) is 45.3 Å². The van der Waals surface area contributed by atoms with E-state index in [1.54, 1.807) is 7.11 Å². The van der Waals surface area contributed by atoms with Gasteiger partial charge in [0.15, 0.2) is 0 Å². The zero-order valence-corrected chi connectivity index (χ0v) is 13.3. The van der Waals surface area contributed by atoms with Crippen LogP contribution in [-0.4, -0.2) is 25.9 Å². The van der Waals surface area contributed by atoms with Gasteiger partial charge < -0.3 is 14.0 Å². The first-order chi connectivity index (χ1) is 9.95. The Morgan fingerprint density at radius 3 is 2.48 bits per heavy atom. The van der Waals surface area contributed by atoms with Gasteiger partial charge in [0, 0.05) is 0 Å². The molecule has 4 heteroatoms. The van der Waals surface area contributed by atoms with Crippen LogP contribution >= 0.6 is 0 Å².